The van der Waals surface area contributed by atoms with Gasteiger partial charge in [-0.15, -0.1) is 0 Å². The number of phenols is 1. The molecule has 1 aromatic rings. The number of nitrogen functional groups attached to an aromatic ring is 1. The first-order valence-electron chi connectivity index (χ1n) is 5.13. The van der Waals surface area contributed by atoms with E-state index in [9.17, 15) is 17.7 Å². The van der Waals surface area contributed by atoms with E-state index in [-0.39, 0.29) is 22.1 Å². The lowest BCUT2D eigenvalue weighted by Gasteiger charge is -2.13. The lowest BCUT2D eigenvalue weighted by molar-refractivity contribution is 0.477. The van der Waals surface area contributed by atoms with Crippen molar-refractivity contribution in [3.63, 3.8) is 0 Å². The standard InChI is InChI=1S/C10H16N2O4S2/c1-7(6-17(2)14)12-18(15,16)8-3-4-10(13)9(11)5-8/h3-5,7,12-13H,6,11H2,1-2H3. The molecule has 6 nitrogen and oxygen atoms in total. The summed E-state index contributed by atoms with van der Waals surface area (Å²) >= 11 is 0. The number of aromatic hydroxyl groups is 1. The molecule has 4 N–H and O–H groups in total. The van der Waals surface area contributed by atoms with Gasteiger partial charge in [-0.1, -0.05) is 0 Å². The lowest BCUT2D eigenvalue weighted by atomic mass is 10.3. The van der Waals surface area contributed by atoms with Crippen LogP contribution in [0, 0.1) is 0 Å². The molecule has 0 aliphatic rings. The predicted molar refractivity (Wildman–Crippen MR) is 71.2 cm³/mol. The molecule has 1 aromatic carbocycles. The molecule has 0 amide bonds. The monoisotopic (exact) mass is 292 g/mol. The van der Waals surface area contributed by atoms with Gasteiger partial charge in [0.15, 0.2) is 0 Å². The highest BCUT2D eigenvalue weighted by Gasteiger charge is 2.18. The molecule has 0 heterocycles. The van der Waals surface area contributed by atoms with Gasteiger partial charge in [0.05, 0.1) is 10.6 Å². The Morgan fingerprint density at radius 2 is 2.11 bits per heavy atom. The van der Waals surface area contributed by atoms with Crippen LogP contribution < -0.4 is 10.5 Å². The van der Waals surface area contributed by atoms with Gasteiger partial charge in [-0.3, -0.25) is 4.21 Å². The number of hydrogen-bond donors (Lipinski definition) is 3. The molecule has 0 spiro atoms. The van der Waals surface area contributed by atoms with E-state index in [0.29, 0.717) is 0 Å². The second-order valence-corrected chi connectivity index (χ2v) is 7.18. The Balaban J connectivity index is 2.92. The van der Waals surface area contributed by atoms with Crippen LogP contribution in [0.3, 0.4) is 0 Å². The van der Waals surface area contributed by atoms with Crippen molar-refractivity contribution in [3.8, 4) is 5.75 Å². The average Bonchev–Trinajstić information content (AvgIpc) is 2.19. The molecule has 0 bridgehead atoms. The van der Waals surface area contributed by atoms with Crippen molar-refractivity contribution in [2.45, 2.75) is 17.9 Å². The molecule has 2 atom stereocenters. The van der Waals surface area contributed by atoms with Crippen LogP contribution in [0.25, 0.3) is 0 Å². The Morgan fingerprint density at radius 1 is 1.50 bits per heavy atom. The van der Waals surface area contributed by atoms with E-state index in [0.717, 1.165) is 0 Å². The summed E-state index contributed by atoms with van der Waals surface area (Å²) in [6, 6.07) is 3.19. The number of anilines is 1. The van der Waals surface area contributed by atoms with E-state index in [1.54, 1.807) is 6.92 Å². The van der Waals surface area contributed by atoms with Gasteiger partial charge in [-0.25, -0.2) is 13.1 Å². The highest BCUT2D eigenvalue weighted by Crippen LogP contribution is 2.23. The zero-order valence-corrected chi connectivity index (χ0v) is 11.7. The molecule has 0 aromatic heterocycles. The number of hydrogen-bond acceptors (Lipinski definition) is 5. The summed E-state index contributed by atoms with van der Waals surface area (Å²) < 4.78 is 37.3. The summed E-state index contributed by atoms with van der Waals surface area (Å²) in [5.41, 5.74) is 5.43. The Labute approximate surface area is 109 Å². The van der Waals surface area contributed by atoms with Crippen LogP contribution >= 0.6 is 0 Å². The third-order valence-electron chi connectivity index (χ3n) is 2.15. The fourth-order valence-corrected chi connectivity index (χ4v) is 3.59. The van der Waals surface area contributed by atoms with Gasteiger partial charge in [0.1, 0.15) is 5.75 Å². The zero-order valence-electron chi connectivity index (χ0n) is 10.1. The van der Waals surface area contributed by atoms with Crippen molar-refractivity contribution >= 4 is 26.5 Å². The summed E-state index contributed by atoms with van der Waals surface area (Å²) in [4.78, 5) is -0.0356. The number of nitrogens with one attached hydrogen (secondary N) is 1. The molecule has 0 aliphatic heterocycles. The van der Waals surface area contributed by atoms with Crippen molar-refractivity contribution in [3.05, 3.63) is 18.2 Å². The van der Waals surface area contributed by atoms with Crippen molar-refractivity contribution < 1.29 is 17.7 Å². The lowest BCUT2D eigenvalue weighted by Crippen LogP contribution is -2.36. The molecule has 0 saturated heterocycles. The van der Waals surface area contributed by atoms with Gasteiger partial charge in [-0.05, 0) is 25.1 Å². The Morgan fingerprint density at radius 3 is 2.61 bits per heavy atom. The maximum Gasteiger partial charge on any atom is 0.240 e. The quantitative estimate of drug-likeness (QED) is 0.523. The van der Waals surface area contributed by atoms with Crippen molar-refractivity contribution in [1.29, 1.82) is 0 Å². The maximum absolute atomic E-state index is 11.9. The van der Waals surface area contributed by atoms with E-state index in [1.165, 1.54) is 24.5 Å². The van der Waals surface area contributed by atoms with Gasteiger partial charge >= 0.3 is 0 Å². The molecule has 102 valence electrons. The molecular weight excluding hydrogens is 276 g/mol. The number of phenolic OH excluding ortho intramolecular Hbond substituents is 1. The van der Waals surface area contributed by atoms with Crippen LogP contribution in [0.1, 0.15) is 6.92 Å². The SMILES string of the molecule is CC(CS(C)=O)NS(=O)(=O)c1ccc(O)c(N)c1. The molecule has 0 saturated carbocycles. The second kappa shape index (κ2) is 5.68. The first-order valence-corrected chi connectivity index (χ1v) is 8.34. The van der Waals surface area contributed by atoms with Crippen molar-refractivity contribution in [2.75, 3.05) is 17.7 Å². The van der Waals surface area contributed by atoms with E-state index >= 15 is 0 Å². The van der Waals surface area contributed by atoms with Crippen LogP contribution in [0.2, 0.25) is 0 Å². The van der Waals surface area contributed by atoms with E-state index in [1.807, 2.05) is 0 Å². The number of rotatable bonds is 5. The van der Waals surface area contributed by atoms with E-state index in [4.69, 9.17) is 5.73 Å². The highest BCUT2D eigenvalue weighted by molar-refractivity contribution is 7.89. The van der Waals surface area contributed by atoms with Gasteiger partial charge < -0.3 is 10.8 Å². The van der Waals surface area contributed by atoms with Gasteiger partial charge in [0.2, 0.25) is 10.0 Å². The van der Waals surface area contributed by atoms with Crippen molar-refractivity contribution in [2.24, 2.45) is 0 Å². The zero-order chi connectivity index (χ0) is 13.9. The molecule has 8 heteroatoms. The first-order chi connectivity index (χ1) is 8.22. The third-order valence-corrected chi connectivity index (χ3v) is 4.71. The topological polar surface area (TPSA) is 109 Å². The summed E-state index contributed by atoms with van der Waals surface area (Å²) in [6.45, 7) is 1.63. The molecule has 18 heavy (non-hydrogen) atoms. The molecular formula is C10H16N2O4S2. The molecule has 0 aliphatic carbocycles. The maximum atomic E-state index is 11.9. The van der Waals surface area contributed by atoms with Crippen LogP contribution in [0.15, 0.2) is 23.1 Å². The summed E-state index contributed by atoms with van der Waals surface area (Å²) in [6.07, 6.45) is 1.50. The molecule has 0 fully saturated rings. The fraction of sp³-hybridized carbons (Fsp3) is 0.400. The number of sulfonamides is 1. The Kier molecular flexibility index (Phi) is 4.71. The predicted octanol–water partition coefficient (Wildman–Crippen LogP) is 0.0197. The normalized spacial score (nSPS) is 15.2. The Bertz CT molecular complexity index is 557. The minimum Gasteiger partial charge on any atom is -0.506 e. The molecule has 1 rings (SSSR count). The van der Waals surface area contributed by atoms with Crippen LogP contribution in [-0.2, 0) is 20.8 Å². The summed E-state index contributed by atoms with van der Waals surface area (Å²) in [5.74, 6) is 0.0592. The fourth-order valence-electron chi connectivity index (χ4n) is 1.42. The van der Waals surface area contributed by atoms with Gasteiger partial charge in [0.25, 0.3) is 0 Å². The second-order valence-electron chi connectivity index (χ2n) is 3.98. The van der Waals surface area contributed by atoms with Gasteiger partial charge in [0, 0.05) is 28.9 Å². The van der Waals surface area contributed by atoms with Gasteiger partial charge in [-0.2, -0.15) is 0 Å². The average molecular weight is 292 g/mol. The van der Waals surface area contributed by atoms with Crippen LogP contribution in [-0.4, -0.2) is 35.8 Å². The van der Waals surface area contributed by atoms with Crippen molar-refractivity contribution in [1.82, 2.24) is 4.72 Å². The summed E-state index contributed by atoms with van der Waals surface area (Å²) in [5, 5.41) is 9.23. The van der Waals surface area contributed by atoms with E-state index in [2.05, 4.69) is 4.72 Å². The third kappa shape index (κ3) is 3.97. The van der Waals surface area contributed by atoms with Crippen LogP contribution in [0.5, 0.6) is 5.75 Å². The minimum absolute atomic E-state index is 0.00963. The first kappa shape index (κ1) is 14.9. The minimum atomic E-state index is -3.72. The molecule has 2 unspecified atom stereocenters. The number of benzene rings is 1. The largest absolute Gasteiger partial charge is 0.506 e. The van der Waals surface area contributed by atoms with Crippen LogP contribution in [0.4, 0.5) is 5.69 Å². The summed E-state index contributed by atoms with van der Waals surface area (Å²) in [7, 11) is -4.81. The smallest absolute Gasteiger partial charge is 0.240 e. The molecule has 0 radical (unpaired) electrons. The number of nitrogens with two attached hydrogens (primary N) is 1. The van der Waals surface area contributed by atoms with E-state index < -0.39 is 26.9 Å². The Hall–Kier alpha value is -1.12. The highest BCUT2D eigenvalue weighted by atomic mass is 32.2.